The van der Waals surface area contributed by atoms with E-state index in [0.717, 1.165) is 12.8 Å². The highest BCUT2D eigenvalue weighted by molar-refractivity contribution is 5.83. The maximum absolute atomic E-state index is 12.2. The van der Waals surface area contributed by atoms with Gasteiger partial charge in [0.05, 0.1) is 6.20 Å². The molecule has 1 aliphatic carbocycles. The second-order valence-electron chi connectivity index (χ2n) is 5.70. The molecule has 1 aromatic rings. The Bertz CT molecular complexity index is 508. The van der Waals surface area contributed by atoms with Crippen molar-refractivity contribution >= 4 is 12.0 Å². The summed E-state index contributed by atoms with van der Waals surface area (Å²) < 4.78 is 1.51. The van der Waals surface area contributed by atoms with Crippen molar-refractivity contribution in [2.75, 3.05) is 13.6 Å². The fraction of sp³-hybridized carbons (Fsp3) is 0.643. The monoisotopic (exact) mass is 294 g/mol. The summed E-state index contributed by atoms with van der Waals surface area (Å²) in [4.78, 5) is 25.1. The number of nitrogens with one attached hydrogen (secondary N) is 1. The van der Waals surface area contributed by atoms with Crippen LogP contribution in [0.2, 0.25) is 0 Å². The minimum atomic E-state index is -1.09. The molecule has 1 saturated carbocycles. The molecule has 1 fully saturated rings. The molecule has 0 bridgehead atoms. The zero-order valence-corrected chi connectivity index (χ0v) is 12.5. The zero-order valence-electron chi connectivity index (χ0n) is 12.5. The Morgan fingerprint density at radius 1 is 1.52 bits per heavy atom. The minimum absolute atomic E-state index is 0.363. The Balaban J connectivity index is 1.96. The lowest BCUT2D eigenvalue weighted by Crippen LogP contribution is -2.43. The molecule has 21 heavy (non-hydrogen) atoms. The fourth-order valence-corrected chi connectivity index (χ4v) is 2.77. The first-order valence-electron chi connectivity index (χ1n) is 7.20. The predicted molar refractivity (Wildman–Crippen MR) is 76.7 cm³/mol. The van der Waals surface area contributed by atoms with E-state index in [1.807, 2.05) is 0 Å². The van der Waals surface area contributed by atoms with Crippen molar-refractivity contribution in [2.45, 2.75) is 31.7 Å². The topological polar surface area (TPSA) is 87.5 Å². The number of carbonyl (C=O) groups is 2. The number of carbonyl (C=O) groups excluding carboxylic acids is 1. The summed E-state index contributed by atoms with van der Waals surface area (Å²) in [6, 6.07) is -1.43. The van der Waals surface area contributed by atoms with Crippen molar-refractivity contribution in [1.82, 2.24) is 20.0 Å². The quantitative estimate of drug-likeness (QED) is 0.858. The van der Waals surface area contributed by atoms with E-state index < -0.39 is 12.0 Å². The van der Waals surface area contributed by atoms with Crippen LogP contribution in [0.3, 0.4) is 0 Å². The highest BCUT2D eigenvalue weighted by Crippen LogP contribution is 2.25. The van der Waals surface area contributed by atoms with Crippen LogP contribution < -0.4 is 5.32 Å². The van der Waals surface area contributed by atoms with Gasteiger partial charge in [-0.05, 0) is 18.8 Å². The molecule has 0 saturated heterocycles. The minimum Gasteiger partial charge on any atom is -0.479 e. The van der Waals surface area contributed by atoms with Crippen LogP contribution in [-0.2, 0) is 11.8 Å². The van der Waals surface area contributed by atoms with Crippen molar-refractivity contribution < 1.29 is 14.7 Å². The van der Waals surface area contributed by atoms with Crippen molar-refractivity contribution in [3.05, 3.63) is 18.0 Å². The standard InChI is InChI=1S/C14H22N4O3/c1-17(8-10-5-3-4-6-10)14(21)16-12(13(19)20)11-7-15-18(2)9-11/h7,9-10,12H,3-6,8H2,1-2H3,(H,16,21)(H,19,20). The lowest BCUT2D eigenvalue weighted by atomic mass is 10.1. The molecule has 0 aliphatic heterocycles. The van der Waals surface area contributed by atoms with Crippen LogP contribution in [0.25, 0.3) is 0 Å². The van der Waals surface area contributed by atoms with E-state index in [2.05, 4.69) is 10.4 Å². The van der Waals surface area contributed by atoms with Crippen LogP contribution in [0, 0.1) is 5.92 Å². The molecule has 2 N–H and O–H groups in total. The van der Waals surface area contributed by atoms with Crippen molar-refractivity contribution in [2.24, 2.45) is 13.0 Å². The lowest BCUT2D eigenvalue weighted by Gasteiger charge is -2.23. The van der Waals surface area contributed by atoms with Gasteiger partial charge in [0.2, 0.25) is 0 Å². The summed E-state index contributed by atoms with van der Waals surface area (Å²) in [5.41, 5.74) is 0.465. The number of nitrogens with zero attached hydrogens (tertiary/aromatic N) is 3. The predicted octanol–water partition coefficient (Wildman–Crippen LogP) is 1.38. The van der Waals surface area contributed by atoms with Gasteiger partial charge in [0.25, 0.3) is 0 Å². The number of hydrogen-bond acceptors (Lipinski definition) is 3. The molecule has 2 rings (SSSR count). The molecular formula is C14H22N4O3. The first-order valence-corrected chi connectivity index (χ1v) is 7.20. The Morgan fingerprint density at radius 2 is 2.19 bits per heavy atom. The molecule has 7 nitrogen and oxygen atoms in total. The van der Waals surface area contributed by atoms with Crippen LogP contribution in [-0.4, -0.2) is 45.4 Å². The summed E-state index contributed by atoms with van der Waals surface area (Å²) in [5.74, 6) is -0.562. The molecule has 1 aromatic heterocycles. The van der Waals surface area contributed by atoms with Crippen LogP contribution in [0.4, 0.5) is 4.79 Å². The number of aromatic nitrogens is 2. The van der Waals surface area contributed by atoms with E-state index in [1.165, 1.54) is 23.7 Å². The van der Waals surface area contributed by atoms with Gasteiger partial charge in [-0.15, -0.1) is 0 Å². The second-order valence-corrected chi connectivity index (χ2v) is 5.70. The van der Waals surface area contributed by atoms with Gasteiger partial charge in [-0.1, -0.05) is 12.8 Å². The van der Waals surface area contributed by atoms with Crippen LogP contribution in [0.1, 0.15) is 37.3 Å². The maximum Gasteiger partial charge on any atom is 0.331 e. The number of hydrogen-bond donors (Lipinski definition) is 2. The lowest BCUT2D eigenvalue weighted by molar-refractivity contribution is -0.139. The maximum atomic E-state index is 12.2. The Labute approximate surface area is 123 Å². The summed E-state index contributed by atoms with van der Waals surface area (Å²) in [5, 5.41) is 15.8. The third-order valence-electron chi connectivity index (χ3n) is 3.93. The third kappa shape index (κ3) is 3.96. The molecule has 1 aliphatic rings. The number of aliphatic carboxylic acids is 1. The number of carboxylic acid groups (broad SMARTS) is 1. The highest BCUT2D eigenvalue weighted by Gasteiger charge is 2.26. The molecule has 0 spiro atoms. The molecule has 1 unspecified atom stereocenters. The smallest absolute Gasteiger partial charge is 0.331 e. The van der Waals surface area contributed by atoms with Crippen molar-refractivity contribution in [1.29, 1.82) is 0 Å². The van der Waals surface area contributed by atoms with Gasteiger partial charge in [0, 0.05) is 32.4 Å². The highest BCUT2D eigenvalue weighted by atomic mass is 16.4. The van der Waals surface area contributed by atoms with E-state index in [-0.39, 0.29) is 6.03 Å². The fourth-order valence-electron chi connectivity index (χ4n) is 2.77. The van der Waals surface area contributed by atoms with Crippen molar-refractivity contribution in [3.8, 4) is 0 Å². The average Bonchev–Trinajstić information content (AvgIpc) is 3.06. The molecule has 1 atom stereocenters. The Hall–Kier alpha value is -2.05. The first kappa shape index (κ1) is 15.3. The van der Waals surface area contributed by atoms with Crippen LogP contribution >= 0.6 is 0 Å². The van der Waals surface area contributed by atoms with Gasteiger partial charge in [0.1, 0.15) is 0 Å². The Morgan fingerprint density at radius 3 is 2.71 bits per heavy atom. The summed E-state index contributed by atoms with van der Waals surface area (Å²) in [6.07, 6.45) is 7.76. The molecule has 7 heteroatoms. The molecule has 1 heterocycles. The number of urea groups is 1. The number of carboxylic acids is 1. The van der Waals surface area contributed by atoms with E-state index in [4.69, 9.17) is 0 Å². The molecule has 2 amide bonds. The van der Waals surface area contributed by atoms with Gasteiger partial charge in [-0.25, -0.2) is 9.59 Å². The number of rotatable bonds is 5. The molecule has 116 valence electrons. The zero-order chi connectivity index (χ0) is 15.4. The second kappa shape index (κ2) is 6.60. The summed E-state index contributed by atoms with van der Waals surface area (Å²) >= 11 is 0. The van der Waals surface area contributed by atoms with Gasteiger partial charge in [-0.3, -0.25) is 4.68 Å². The Kier molecular flexibility index (Phi) is 4.82. The number of aryl methyl sites for hydroxylation is 1. The van der Waals surface area contributed by atoms with E-state index in [1.54, 1.807) is 25.2 Å². The molecule has 0 radical (unpaired) electrons. The number of amides is 2. The van der Waals surface area contributed by atoms with E-state index in [0.29, 0.717) is 18.0 Å². The van der Waals surface area contributed by atoms with E-state index >= 15 is 0 Å². The normalized spacial score (nSPS) is 16.7. The average molecular weight is 294 g/mol. The first-order chi connectivity index (χ1) is 9.97. The van der Waals surface area contributed by atoms with Gasteiger partial charge < -0.3 is 15.3 Å². The van der Waals surface area contributed by atoms with Crippen LogP contribution in [0.5, 0.6) is 0 Å². The molecular weight excluding hydrogens is 272 g/mol. The molecule has 0 aromatic carbocycles. The van der Waals surface area contributed by atoms with Gasteiger partial charge >= 0.3 is 12.0 Å². The summed E-state index contributed by atoms with van der Waals surface area (Å²) in [6.45, 7) is 0.672. The van der Waals surface area contributed by atoms with Gasteiger partial charge in [-0.2, -0.15) is 5.10 Å². The largest absolute Gasteiger partial charge is 0.479 e. The van der Waals surface area contributed by atoms with Crippen molar-refractivity contribution in [3.63, 3.8) is 0 Å². The SMILES string of the molecule is CN(CC1CCCC1)C(=O)NC(C(=O)O)c1cnn(C)c1. The van der Waals surface area contributed by atoms with Crippen LogP contribution in [0.15, 0.2) is 12.4 Å². The third-order valence-corrected chi connectivity index (χ3v) is 3.93. The van der Waals surface area contributed by atoms with Gasteiger partial charge in [0.15, 0.2) is 6.04 Å². The summed E-state index contributed by atoms with van der Waals surface area (Å²) in [7, 11) is 3.41. The van der Waals surface area contributed by atoms with E-state index in [9.17, 15) is 14.7 Å².